The Kier molecular flexibility index (Phi) is 3.11. The van der Waals surface area contributed by atoms with Gasteiger partial charge in [-0.25, -0.2) is 4.79 Å². The fourth-order valence-corrected chi connectivity index (χ4v) is 3.39. The van der Waals surface area contributed by atoms with Crippen LogP contribution in [0.1, 0.15) is 27.4 Å². The van der Waals surface area contributed by atoms with Crippen LogP contribution >= 0.6 is 11.3 Å². The molecule has 22 heavy (non-hydrogen) atoms. The zero-order valence-electron chi connectivity index (χ0n) is 11.8. The smallest absolute Gasteiger partial charge is 0.326 e. The lowest BCUT2D eigenvalue weighted by atomic mass is 10.3. The average molecular weight is 313 g/mol. The second-order valence-electron chi connectivity index (χ2n) is 5.55. The maximum Gasteiger partial charge on any atom is 0.326 e. The molecule has 0 saturated heterocycles. The van der Waals surface area contributed by atoms with Crippen LogP contribution in [0.5, 0.6) is 0 Å². The largest absolute Gasteiger partial charge is 0.349 e. The van der Waals surface area contributed by atoms with Crippen molar-refractivity contribution >= 4 is 28.3 Å². The van der Waals surface area contributed by atoms with E-state index in [0.29, 0.717) is 17.5 Å². The van der Waals surface area contributed by atoms with Crippen LogP contribution in [0.3, 0.4) is 0 Å². The molecular formula is C16H15N3O2S. The predicted octanol–water partition coefficient (Wildman–Crippen LogP) is 2.33. The maximum atomic E-state index is 12.1. The molecule has 0 bridgehead atoms. The number of carbonyl (C=O) groups excluding carboxylic acids is 1. The Labute approximate surface area is 130 Å². The normalized spacial score (nSPS) is 14.4. The van der Waals surface area contributed by atoms with Gasteiger partial charge in [0.2, 0.25) is 0 Å². The molecule has 4 rings (SSSR count). The third-order valence-electron chi connectivity index (χ3n) is 3.79. The minimum atomic E-state index is -0.126. The van der Waals surface area contributed by atoms with Gasteiger partial charge in [-0.05, 0) is 37.1 Å². The van der Waals surface area contributed by atoms with Gasteiger partial charge in [0.05, 0.1) is 22.5 Å². The molecule has 1 amide bonds. The summed E-state index contributed by atoms with van der Waals surface area (Å²) in [6, 6.07) is 11.7. The summed E-state index contributed by atoms with van der Waals surface area (Å²) < 4.78 is 1.70. The fraction of sp³-hybridized carbons (Fsp3) is 0.250. The molecular weight excluding hydrogens is 298 g/mol. The number of aromatic nitrogens is 2. The number of nitrogens with one attached hydrogen (secondary N) is 2. The van der Waals surface area contributed by atoms with Crippen LogP contribution in [0.15, 0.2) is 41.2 Å². The van der Waals surface area contributed by atoms with E-state index in [2.05, 4.69) is 10.3 Å². The number of hydrogen-bond donors (Lipinski definition) is 2. The van der Waals surface area contributed by atoms with E-state index >= 15 is 0 Å². The van der Waals surface area contributed by atoms with Crippen LogP contribution < -0.4 is 11.0 Å². The molecule has 0 aliphatic heterocycles. The SMILES string of the molecule is O=C(NC1CC1)c1ccc(Cn2c(=O)[nH]c3ccccc32)s1. The van der Waals surface area contributed by atoms with Crippen molar-refractivity contribution < 1.29 is 4.79 Å². The minimum Gasteiger partial charge on any atom is -0.349 e. The number of para-hydroxylation sites is 2. The number of fused-ring (bicyclic) bond motifs is 1. The fourth-order valence-electron chi connectivity index (χ4n) is 2.49. The van der Waals surface area contributed by atoms with Gasteiger partial charge in [-0.3, -0.25) is 9.36 Å². The number of carbonyl (C=O) groups is 1. The van der Waals surface area contributed by atoms with Gasteiger partial charge < -0.3 is 10.3 Å². The first-order chi connectivity index (χ1) is 10.7. The van der Waals surface area contributed by atoms with Gasteiger partial charge in [-0.1, -0.05) is 12.1 Å². The minimum absolute atomic E-state index is 0.00924. The molecule has 0 unspecified atom stereocenters. The van der Waals surface area contributed by atoms with Crippen molar-refractivity contribution in [2.24, 2.45) is 0 Å². The lowest BCUT2D eigenvalue weighted by molar-refractivity contribution is 0.0955. The van der Waals surface area contributed by atoms with Crippen LogP contribution in [-0.2, 0) is 6.54 Å². The van der Waals surface area contributed by atoms with Crippen molar-refractivity contribution in [2.45, 2.75) is 25.4 Å². The molecule has 0 radical (unpaired) electrons. The van der Waals surface area contributed by atoms with E-state index in [9.17, 15) is 9.59 Å². The average Bonchev–Trinajstić information content (AvgIpc) is 3.10. The molecule has 1 aliphatic rings. The van der Waals surface area contributed by atoms with Gasteiger partial charge in [-0.15, -0.1) is 11.3 Å². The molecule has 1 saturated carbocycles. The highest BCUT2D eigenvalue weighted by atomic mass is 32.1. The molecule has 2 aromatic heterocycles. The lowest BCUT2D eigenvalue weighted by Gasteiger charge is -2.01. The predicted molar refractivity (Wildman–Crippen MR) is 86.5 cm³/mol. The molecule has 0 spiro atoms. The molecule has 3 aromatic rings. The first-order valence-electron chi connectivity index (χ1n) is 7.28. The summed E-state index contributed by atoms with van der Waals surface area (Å²) in [4.78, 5) is 28.6. The van der Waals surface area contributed by atoms with E-state index in [-0.39, 0.29) is 11.6 Å². The van der Waals surface area contributed by atoms with Gasteiger partial charge in [-0.2, -0.15) is 0 Å². The van der Waals surface area contributed by atoms with Crippen molar-refractivity contribution in [2.75, 3.05) is 0 Å². The van der Waals surface area contributed by atoms with E-state index in [1.165, 1.54) is 11.3 Å². The number of thiophene rings is 1. The number of amides is 1. The van der Waals surface area contributed by atoms with Gasteiger partial charge in [0, 0.05) is 10.9 Å². The standard InChI is InChI=1S/C16H15N3O2S/c20-15(17-10-5-6-10)14-8-7-11(22-14)9-19-13-4-2-1-3-12(13)18-16(19)21/h1-4,7-8,10H,5-6,9H2,(H,17,20)(H,18,21). The van der Waals surface area contributed by atoms with Gasteiger partial charge >= 0.3 is 5.69 Å². The molecule has 1 aromatic carbocycles. The zero-order valence-corrected chi connectivity index (χ0v) is 12.7. The molecule has 0 atom stereocenters. The second kappa shape index (κ2) is 5.14. The van der Waals surface area contributed by atoms with Crippen molar-refractivity contribution in [3.05, 3.63) is 56.6 Å². The third kappa shape index (κ3) is 2.46. The molecule has 1 fully saturated rings. The summed E-state index contributed by atoms with van der Waals surface area (Å²) in [7, 11) is 0. The Hall–Kier alpha value is -2.34. The number of benzene rings is 1. The van der Waals surface area contributed by atoms with E-state index in [4.69, 9.17) is 0 Å². The Morgan fingerprint density at radius 2 is 2.09 bits per heavy atom. The summed E-state index contributed by atoms with van der Waals surface area (Å²) in [6.07, 6.45) is 2.16. The quantitative estimate of drug-likeness (QED) is 0.776. The number of nitrogens with zero attached hydrogens (tertiary/aromatic N) is 1. The molecule has 5 nitrogen and oxygen atoms in total. The molecule has 2 heterocycles. The zero-order chi connectivity index (χ0) is 15.1. The molecule has 112 valence electrons. The highest BCUT2D eigenvalue weighted by Gasteiger charge is 2.24. The first-order valence-corrected chi connectivity index (χ1v) is 8.09. The summed E-state index contributed by atoms with van der Waals surface area (Å²) in [5.74, 6) is -0.00924. The summed E-state index contributed by atoms with van der Waals surface area (Å²) >= 11 is 1.44. The van der Waals surface area contributed by atoms with E-state index in [0.717, 1.165) is 28.8 Å². The molecule has 2 N–H and O–H groups in total. The van der Waals surface area contributed by atoms with Crippen LogP contribution in [0.2, 0.25) is 0 Å². The topological polar surface area (TPSA) is 66.9 Å². The van der Waals surface area contributed by atoms with E-state index in [1.54, 1.807) is 4.57 Å². The van der Waals surface area contributed by atoms with Crippen LogP contribution in [0.4, 0.5) is 0 Å². The summed E-state index contributed by atoms with van der Waals surface area (Å²) in [5.41, 5.74) is 1.58. The number of imidazole rings is 1. The van der Waals surface area contributed by atoms with Crippen molar-refractivity contribution in [3.8, 4) is 0 Å². The maximum absolute atomic E-state index is 12.1. The van der Waals surface area contributed by atoms with Crippen molar-refractivity contribution in [3.63, 3.8) is 0 Å². The third-order valence-corrected chi connectivity index (χ3v) is 4.86. The van der Waals surface area contributed by atoms with Gasteiger partial charge in [0.15, 0.2) is 0 Å². The number of H-pyrrole nitrogens is 1. The van der Waals surface area contributed by atoms with Gasteiger partial charge in [0.1, 0.15) is 0 Å². The van der Waals surface area contributed by atoms with Crippen LogP contribution in [0, 0.1) is 0 Å². The van der Waals surface area contributed by atoms with Crippen molar-refractivity contribution in [1.29, 1.82) is 0 Å². The van der Waals surface area contributed by atoms with E-state index in [1.807, 2.05) is 36.4 Å². The Morgan fingerprint density at radius 3 is 2.91 bits per heavy atom. The first kappa shape index (κ1) is 13.3. The number of rotatable bonds is 4. The summed E-state index contributed by atoms with van der Waals surface area (Å²) in [6.45, 7) is 0.476. The van der Waals surface area contributed by atoms with Crippen LogP contribution in [-0.4, -0.2) is 21.5 Å². The van der Waals surface area contributed by atoms with Crippen LogP contribution in [0.25, 0.3) is 11.0 Å². The van der Waals surface area contributed by atoms with Gasteiger partial charge in [0.25, 0.3) is 5.91 Å². The Balaban J connectivity index is 1.60. The lowest BCUT2D eigenvalue weighted by Crippen LogP contribution is -2.24. The number of hydrogen-bond acceptors (Lipinski definition) is 3. The number of aromatic amines is 1. The van der Waals surface area contributed by atoms with Crippen molar-refractivity contribution in [1.82, 2.24) is 14.9 Å². The molecule has 1 aliphatic carbocycles. The van der Waals surface area contributed by atoms with E-state index < -0.39 is 0 Å². The summed E-state index contributed by atoms with van der Waals surface area (Å²) in [5, 5.41) is 2.98. The molecule has 6 heteroatoms. The monoisotopic (exact) mass is 313 g/mol. The Bertz CT molecular complexity index is 901. The highest BCUT2D eigenvalue weighted by Crippen LogP contribution is 2.22. The Morgan fingerprint density at radius 1 is 1.27 bits per heavy atom. The highest BCUT2D eigenvalue weighted by molar-refractivity contribution is 7.14. The second-order valence-corrected chi connectivity index (χ2v) is 6.72.